The van der Waals surface area contributed by atoms with E-state index in [2.05, 4.69) is 20.1 Å². The number of carbonyl (C=O) groups excluding carboxylic acids is 3. The zero-order valence-corrected chi connectivity index (χ0v) is 15.4. The summed E-state index contributed by atoms with van der Waals surface area (Å²) in [4.78, 5) is 35.4. The molecule has 2 aromatic carbocycles. The summed E-state index contributed by atoms with van der Waals surface area (Å²) in [6.07, 6.45) is 0.979. The van der Waals surface area contributed by atoms with Crippen LogP contribution in [0.15, 0.2) is 60.3 Å². The number of hydrogen-bond donors (Lipinski definition) is 2. The summed E-state index contributed by atoms with van der Waals surface area (Å²) in [7, 11) is 2.39. The minimum Gasteiger partial charge on any atom is -0.466 e. The van der Waals surface area contributed by atoms with Gasteiger partial charge < -0.3 is 20.1 Å². The van der Waals surface area contributed by atoms with Gasteiger partial charge in [-0.05, 0) is 48.5 Å². The Hall–Kier alpha value is -3.32. The number of carbonyl (C=O) groups is 3. The Balaban J connectivity index is 2.09. The molecule has 0 unspecified atom stereocenters. The minimum absolute atomic E-state index is 0.0947. The van der Waals surface area contributed by atoms with E-state index in [4.69, 9.17) is 11.6 Å². The van der Waals surface area contributed by atoms with Crippen LogP contribution in [0.4, 0.5) is 11.4 Å². The van der Waals surface area contributed by atoms with Crippen LogP contribution in [0.25, 0.3) is 0 Å². The highest BCUT2D eigenvalue weighted by Crippen LogP contribution is 2.16. The molecule has 0 radical (unpaired) electrons. The Morgan fingerprint density at radius 2 is 1.41 bits per heavy atom. The van der Waals surface area contributed by atoms with Gasteiger partial charge in [-0.2, -0.15) is 0 Å². The van der Waals surface area contributed by atoms with E-state index in [-0.39, 0.29) is 11.6 Å². The number of rotatable bonds is 6. The highest BCUT2D eigenvalue weighted by Gasteiger charge is 2.13. The van der Waals surface area contributed by atoms with Gasteiger partial charge in [-0.1, -0.05) is 11.6 Å². The largest absolute Gasteiger partial charge is 0.466 e. The van der Waals surface area contributed by atoms with Crippen molar-refractivity contribution in [2.75, 3.05) is 24.9 Å². The lowest BCUT2D eigenvalue weighted by atomic mass is 10.2. The van der Waals surface area contributed by atoms with Gasteiger partial charge in [-0.25, -0.2) is 9.59 Å². The maximum Gasteiger partial charge on any atom is 0.354 e. The molecule has 0 aliphatic carbocycles. The van der Waals surface area contributed by atoms with Crippen LogP contribution in [0, 0.1) is 0 Å². The summed E-state index contributed by atoms with van der Waals surface area (Å²) in [6.45, 7) is 0. The second kappa shape index (κ2) is 9.40. The van der Waals surface area contributed by atoms with Crippen LogP contribution >= 0.6 is 11.6 Å². The van der Waals surface area contributed by atoms with Gasteiger partial charge >= 0.3 is 11.9 Å². The van der Waals surface area contributed by atoms with E-state index in [1.807, 2.05) is 0 Å². The lowest BCUT2D eigenvalue weighted by Crippen LogP contribution is -2.16. The number of ether oxygens (including phenoxy) is 2. The van der Waals surface area contributed by atoms with Crippen LogP contribution in [0.5, 0.6) is 0 Å². The standard InChI is InChI=1S/C19H17ClN2O5/c1-26-17(23)11-16(19(25)27-2)21-14-7-3-12(4-8-14)18(24)22-15-9-5-13(20)6-10-15/h3-11,21H,1-2H3,(H,22,24)/b16-11+. The first-order valence-corrected chi connectivity index (χ1v) is 8.12. The lowest BCUT2D eigenvalue weighted by molar-refractivity contribution is -0.138. The molecule has 8 heteroatoms. The van der Waals surface area contributed by atoms with Crippen LogP contribution in [-0.2, 0) is 19.1 Å². The maximum absolute atomic E-state index is 12.3. The summed E-state index contributed by atoms with van der Waals surface area (Å²) < 4.78 is 9.12. The van der Waals surface area contributed by atoms with E-state index in [1.165, 1.54) is 14.2 Å². The lowest BCUT2D eigenvalue weighted by Gasteiger charge is -2.10. The smallest absolute Gasteiger partial charge is 0.354 e. The van der Waals surface area contributed by atoms with E-state index in [0.29, 0.717) is 22.0 Å². The Morgan fingerprint density at radius 3 is 1.96 bits per heavy atom. The number of amides is 1. The predicted octanol–water partition coefficient (Wildman–Crippen LogP) is 3.23. The summed E-state index contributed by atoms with van der Waals surface area (Å²) in [5, 5.41) is 6.07. The number of hydrogen-bond acceptors (Lipinski definition) is 6. The van der Waals surface area contributed by atoms with Crippen LogP contribution in [0.2, 0.25) is 5.02 Å². The summed E-state index contributed by atoms with van der Waals surface area (Å²) in [6, 6.07) is 13.0. The van der Waals surface area contributed by atoms with Crippen molar-refractivity contribution in [3.8, 4) is 0 Å². The van der Waals surface area contributed by atoms with Crippen molar-refractivity contribution in [3.63, 3.8) is 0 Å². The quantitative estimate of drug-likeness (QED) is 0.583. The zero-order chi connectivity index (χ0) is 19.8. The van der Waals surface area contributed by atoms with E-state index in [0.717, 1.165) is 6.08 Å². The van der Waals surface area contributed by atoms with E-state index in [9.17, 15) is 14.4 Å². The molecule has 2 N–H and O–H groups in total. The molecule has 0 saturated carbocycles. The fraction of sp³-hybridized carbons (Fsp3) is 0.105. The van der Waals surface area contributed by atoms with E-state index < -0.39 is 11.9 Å². The van der Waals surface area contributed by atoms with Crippen molar-refractivity contribution >= 4 is 40.8 Å². The van der Waals surface area contributed by atoms with Gasteiger partial charge in [0.1, 0.15) is 5.70 Å². The second-order valence-electron chi connectivity index (χ2n) is 5.24. The summed E-state index contributed by atoms with van der Waals surface area (Å²) in [5.74, 6) is -1.74. The normalized spacial score (nSPS) is 10.7. The number of anilines is 2. The van der Waals surface area contributed by atoms with Crippen molar-refractivity contribution in [1.82, 2.24) is 0 Å². The van der Waals surface area contributed by atoms with Gasteiger partial charge in [0.2, 0.25) is 0 Å². The molecular weight excluding hydrogens is 372 g/mol. The molecule has 0 atom stereocenters. The first kappa shape index (κ1) is 20.0. The van der Waals surface area contributed by atoms with Gasteiger partial charge in [0.25, 0.3) is 5.91 Å². The first-order chi connectivity index (χ1) is 12.9. The molecule has 2 rings (SSSR count). The number of benzene rings is 2. The van der Waals surface area contributed by atoms with Crippen LogP contribution < -0.4 is 10.6 Å². The Labute approximate surface area is 160 Å². The van der Waals surface area contributed by atoms with Gasteiger partial charge in [-0.15, -0.1) is 0 Å². The number of methoxy groups -OCH3 is 2. The SMILES string of the molecule is COC(=O)/C=C(/Nc1ccc(C(=O)Nc2ccc(Cl)cc2)cc1)C(=O)OC. The van der Waals surface area contributed by atoms with Crippen LogP contribution in [0.1, 0.15) is 10.4 Å². The molecule has 140 valence electrons. The third-order valence-electron chi connectivity index (χ3n) is 3.40. The molecule has 0 spiro atoms. The van der Waals surface area contributed by atoms with Crippen molar-refractivity contribution < 1.29 is 23.9 Å². The highest BCUT2D eigenvalue weighted by atomic mass is 35.5. The van der Waals surface area contributed by atoms with Gasteiger partial charge in [0.15, 0.2) is 0 Å². The second-order valence-corrected chi connectivity index (χ2v) is 5.67. The molecule has 0 bridgehead atoms. The van der Waals surface area contributed by atoms with Crippen LogP contribution in [-0.4, -0.2) is 32.1 Å². The molecule has 0 heterocycles. The highest BCUT2D eigenvalue weighted by molar-refractivity contribution is 6.30. The predicted molar refractivity (Wildman–Crippen MR) is 102 cm³/mol. The number of esters is 2. The third-order valence-corrected chi connectivity index (χ3v) is 3.65. The molecular formula is C19H17ClN2O5. The zero-order valence-electron chi connectivity index (χ0n) is 14.6. The van der Waals surface area contributed by atoms with Crippen LogP contribution in [0.3, 0.4) is 0 Å². The van der Waals surface area contributed by atoms with Crippen molar-refractivity contribution in [2.45, 2.75) is 0 Å². The third kappa shape index (κ3) is 5.86. The molecule has 7 nitrogen and oxygen atoms in total. The fourth-order valence-corrected chi connectivity index (χ4v) is 2.16. The van der Waals surface area contributed by atoms with E-state index in [1.54, 1.807) is 48.5 Å². The average molecular weight is 389 g/mol. The van der Waals surface area contributed by atoms with Crippen molar-refractivity contribution in [2.24, 2.45) is 0 Å². The molecule has 0 aromatic heterocycles. The molecule has 2 aromatic rings. The molecule has 0 aliphatic rings. The molecule has 0 aliphatic heterocycles. The van der Waals surface area contributed by atoms with Gasteiger partial charge in [-0.3, -0.25) is 4.79 Å². The molecule has 0 fully saturated rings. The van der Waals surface area contributed by atoms with Gasteiger partial charge in [0.05, 0.1) is 20.3 Å². The molecule has 27 heavy (non-hydrogen) atoms. The Kier molecular flexibility index (Phi) is 6.96. The van der Waals surface area contributed by atoms with Gasteiger partial charge in [0, 0.05) is 22.0 Å². The Bertz CT molecular complexity index is 861. The summed E-state index contributed by atoms with van der Waals surface area (Å²) in [5.41, 5.74) is 1.41. The topological polar surface area (TPSA) is 93.7 Å². The maximum atomic E-state index is 12.3. The first-order valence-electron chi connectivity index (χ1n) is 7.75. The van der Waals surface area contributed by atoms with Crippen molar-refractivity contribution in [1.29, 1.82) is 0 Å². The van der Waals surface area contributed by atoms with E-state index >= 15 is 0 Å². The average Bonchev–Trinajstić information content (AvgIpc) is 2.68. The Morgan fingerprint density at radius 1 is 0.852 bits per heavy atom. The fourth-order valence-electron chi connectivity index (χ4n) is 2.03. The molecule has 1 amide bonds. The van der Waals surface area contributed by atoms with Crippen molar-refractivity contribution in [3.05, 3.63) is 70.9 Å². The number of nitrogens with one attached hydrogen (secondary N) is 2. The monoisotopic (exact) mass is 388 g/mol. The minimum atomic E-state index is -0.732. The molecule has 0 saturated heterocycles. The number of halogens is 1. The summed E-state index contributed by atoms with van der Waals surface area (Å²) >= 11 is 5.81.